The van der Waals surface area contributed by atoms with E-state index in [0.29, 0.717) is 22.8 Å². The first-order valence-electron chi connectivity index (χ1n) is 6.30. The molecule has 1 aromatic heterocycles. The normalized spacial score (nSPS) is 10.8. The SMILES string of the molecule is Cc1cc(=O)oc2cc(Oc3ccc(I)cc3N)ccc12. The van der Waals surface area contributed by atoms with Gasteiger partial charge in [0.25, 0.3) is 0 Å². The van der Waals surface area contributed by atoms with Gasteiger partial charge in [0.1, 0.15) is 17.1 Å². The third kappa shape index (κ3) is 2.87. The lowest BCUT2D eigenvalue weighted by atomic mass is 10.1. The van der Waals surface area contributed by atoms with E-state index in [1.807, 2.05) is 37.3 Å². The fraction of sp³-hybridized carbons (Fsp3) is 0.0625. The Bertz CT molecular complexity index is 886. The van der Waals surface area contributed by atoms with Crippen LogP contribution in [0.2, 0.25) is 0 Å². The van der Waals surface area contributed by atoms with Crippen molar-refractivity contribution < 1.29 is 9.15 Å². The highest BCUT2D eigenvalue weighted by Crippen LogP contribution is 2.30. The van der Waals surface area contributed by atoms with Crippen LogP contribution in [-0.2, 0) is 0 Å². The molecule has 0 aliphatic heterocycles. The number of benzene rings is 2. The van der Waals surface area contributed by atoms with E-state index in [1.54, 1.807) is 6.07 Å². The lowest BCUT2D eigenvalue weighted by molar-refractivity contribution is 0.482. The van der Waals surface area contributed by atoms with Crippen molar-refractivity contribution in [3.05, 3.63) is 62.0 Å². The van der Waals surface area contributed by atoms with Crippen LogP contribution in [0, 0.1) is 10.5 Å². The molecule has 5 heteroatoms. The van der Waals surface area contributed by atoms with Crippen molar-refractivity contribution in [1.29, 1.82) is 0 Å². The van der Waals surface area contributed by atoms with Crippen molar-refractivity contribution >= 4 is 39.2 Å². The van der Waals surface area contributed by atoms with Crippen LogP contribution in [0.15, 0.2) is 51.7 Å². The number of nitrogens with two attached hydrogens (primary N) is 1. The molecule has 0 radical (unpaired) electrons. The maximum Gasteiger partial charge on any atom is 0.336 e. The fourth-order valence-corrected chi connectivity index (χ4v) is 2.62. The molecule has 0 saturated heterocycles. The number of hydrogen-bond donors (Lipinski definition) is 1. The molecule has 1 heterocycles. The zero-order chi connectivity index (χ0) is 15.0. The molecule has 3 aromatic rings. The van der Waals surface area contributed by atoms with Crippen molar-refractivity contribution in [2.45, 2.75) is 6.92 Å². The van der Waals surface area contributed by atoms with Crippen molar-refractivity contribution in [1.82, 2.24) is 0 Å². The summed E-state index contributed by atoms with van der Waals surface area (Å²) in [5, 5.41) is 0.887. The summed E-state index contributed by atoms with van der Waals surface area (Å²) in [7, 11) is 0. The molecule has 0 spiro atoms. The predicted octanol–water partition coefficient (Wildman–Crippen LogP) is 4.08. The van der Waals surface area contributed by atoms with E-state index in [1.165, 1.54) is 6.07 Å². The third-order valence-electron chi connectivity index (χ3n) is 3.12. The maximum absolute atomic E-state index is 11.4. The first kappa shape index (κ1) is 13.9. The number of nitrogen functional groups attached to an aromatic ring is 1. The van der Waals surface area contributed by atoms with Gasteiger partial charge in [-0.2, -0.15) is 0 Å². The first-order chi connectivity index (χ1) is 10.0. The van der Waals surface area contributed by atoms with E-state index < -0.39 is 0 Å². The largest absolute Gasteiger partial charge is 0.455 e. The summed E-state index contributed by atoms with van der Waals surface area (Å²) in [6.07, 6.45) is 0. The molecular weight excluding hydrogens is 381 g/mol. The lowest BCUT2D eigenvalue weighted by Gasteiger charge is -2.09. The summed E-state index contributed by atoms with van der Waals surface area (Å²) in [4.78, 5) is 11.4. The van der Waals surface area contributed by atoms with E-state index >= 15 is 0 Å². The second-order valence-corrected chi connectivity index (χ2v) is 5.94. The number of anilines is 1. The van der Waals surface area contributed by atoms with Crippen LogP contribution in [0.4, 0.5) is 5.69 Å². The van der Waals surface area contributed by atoms with Crippen LogP contribution < -0.4 is 16.1 Å². The number of rotatable bonds is 2. The molecule has 4 nitrogen and oxygen atoms in total. The van der Waals surface area contributed by atoms with Gasteiger partial charge in [-0.1, -0.05) is 0 Å². The number of hydrogen-bond acceptors (Lipinski definition) is 4. The van der Waals surface area contributed by atoms with Crippen LogP contribution in [0.3, 0.4) is 0 Å². The molecule has 0 atom stereocenters. The number of aryl methyl sites for hydroxylation is 1. The molecule has 3 rings (SSSR count). The molecule has 0 unspecified atom stereocenters. The molecular formula is C16H12INO3. The number of ether oxygens (including phenoxy) is 1. The van der Waals surface area contributed by atoms with Crippen LogP contribution in [-0.4, -0.2) is 0 Å². The van der Waals surface area contributed by atoms with Gasteiger partial charge in [0, 0.05) is 21.1 Å². The van der Waals surface area contributed by atoms with Gasteiger partial charge >= 0.3 is 5.63 Å². The Balaban J connectivity index is 2.03. The zero-order valence-electron chi connectivity index (χ0n) is 11.2. The lowest BCUT2D eigenvalue weighted by Crippen LogP contribution is -1.98. The van der Waals surface area contributed by atoms with Gasteiger partial charge in [0.15, 0.2) is 0 Å². The second kappa shape index (κ2) is 5.40. The Labute approximate surface area is 134 Å². The standard InChI is InChI=1S/C16H12INO3/c1-9-6-16(19)21-15-8-11(3-4-12(9)15)20-14-5-2-10(17)7-13(14)18/h2-8H,18H2,1H3. The highest BCUT2D eigenvalue weighted by molar-refractivity contribution is 14.1. The molecule has 0 fully saturated rings. The van der Waals surface area contributed by atoms with Crippen LogP contribution >= 0.6 is 22.6 Å². The molecule has 0 amide bonds. The Morgan fingerprint density at radius 3 is 2.71 bits per heavy atom. The highest BCUT2D eigenvalue weighted by Gasteiger charge is 2.07. The van der Waals surface area contributed by atoms with E-state index in [0.717, 1.165) is 14.5 Å². The molecule has 21 heavy (non-hydrogen) atoms. The maximum atomic E-state index is 11.4. The smallest absolute Gasteiger partial charge is 0.336 e. The van der Waals surface area contributed by atoms with E-state index in [-0.39, 0.29) is 5.63 Å². The van der Waals surface area contributed by atoms with Crippen molar-refractivity contribution in [3.8, 4) is 11.5 Å². The minimum atomic E-state index is -0.370. The van der Waals surface area contributed by atoms with Crippen LogP contribution in [0.1, 0.15) is 5.56 Å². The Morgan fingerprint density at radius 1 is 1.14 bits per heavy atom. The fourth-order valence-electron chi connectivity index (χ4n) is 2.11. The Hall–Kier alpha value is -2.02. The van der Waals surface area contributed by atoms with Gasteiger partial charge in [-0.25, -0.2) is 4.79 Å². The van der Waals surface area contributed by atoms with Crippen molar-refractivity contribution in [2.24, 2.45) is 0 Å². The average molecular weight is 393 g/mol. The van der Waals surface area contributed by atoms with Gasteiger partial charge in [-0.05, 0) is 65.4 Å². The van der Waals surface area contributed by atoms with Gasteiger partial charge in [0.2, 0.25) is 0 Å². The van der Waals surface area contributed by atoms with Crippen LogP contribution in [0.5, 0.6) is 11.5 Å². The van der Waals surface area contributed by atoms with Gasteiger partial charge in [0.05, 0.1) is 5.69 Å². The minimum absolute atomic E-state index is 0.370. The molecule has 0 aliphatic rings. The molecule has 106 valence electrons. The highest BCUT2D eigenvalue weighted by atomic mass is 127. The van der Waals surface area contributed by atoms with Crippen LogP contribution in [0.25, 0.3) is 11.0 Å². The average Bonchev–Trinajstić information content (AvgIpc) is 2.41. The van der Waals surface area contributed by atoms with E-state index in [4.69, 9.17) is 14.9 Å². The Morgan fingerprint density at radius 2 is 1.95 bits per heavy atom. The first-order valence-corrected chi connectivity index (χ1v) is 7.38. The minimum Gasteiger partial charge on any atom is -0.455 e. The molecule has 2 aromatic carbocycles. The molecule has 0 saturated carbocycles. The van der Waals surface area contributed by atoms with Crippen molar-refractivity contribution in [2.75, 3.05) is 5.73 Å². The molecule has 0 bridgehead atoms. The monoisotopic (exact) mass is 393 g/mol. The van der Waals surface area contributed by atoms with Crippen molar-refractivity contribution in [3.63, 3.8) is 0 Å². The summed E-state index contributed by atoms with van der Waals surface area (Å²) in [5.74, 6) is 1.15. The topological polar surface area (TPSA) is 65.5 Å². The van der Waals surface area contributed by atoms with Gasteiger partial charge < -0.3 is 14.9 Å². The van der Waals surface area contributed by atoms with E-state index in [2.05, 4.69) is 22.6 Å². The third-order valence-corrected chi connectivity index (χ3v) is 3.79. The summed E-state index contributed by atoms with van der Waals surface area (Å²) in [6, 6.07) is 12.4. The van der Waals surface area contributed by atoms with E-state index in [9.17, 15) is 4.79 Å². The summed E-state index contributed by atoms with van der Waals surface area (Å²) >= 11 is 2.19. The number of halogens is 1. The quantitative estimate of drug-likeness (QED) is 0.405. The number of fused-ring (bicyclic) bond motifs is 1. The summed E-state index contributed by atoms with van der Waals surface area (Å²) in [6.45, 7) is 1.87. The predicted molar refractivity (Wildman–Crippen MR) is 90.9 cm³/mol. The Kier molecular flexibility index (Phi) is 3.59. The zero-order valence-corrected chi connectivity index (χ0v) is 13.4. The molecule has 0 aliphatic carbocycles. The second-order valence-electron chi connectivity index (χ2n) is 4.69. The van der Waals surface area contributed by atoms with Gasteiger partial charge in [-0.15, -0.1) is 0 Å². The molecule has 2 N–H and O–H groups in total. The summed E-state index contributed by atoms with van der Waals surface area (Å²) < 4.78 is 12.0. The van der Waals surface area contributed by atoms with Gasteiger partial charge in [-0.3, -0.25) is 0 Å². The summed E-state index contributed by atoms with van der Waals surface area (Å²) in [5.41, 5.74) is 7.50.